The van der Waals surface area contributed by atoms with Crippen molar-refractivity contribution in [3.05, 3.63) is 59.1 Å². The summed E-state index contributed by atoms with van der Waals surface area (Å²) in [6, 6.07) is 15.2. The molecule has 0 saturated heterocycles. The van der Waals surface area contributed by atoms with Gasteiger partial charge in [-0.15, -0.1) is 23.1 Å². The van der Waals surface area contributed by atoms with Crippen LogP contribution in [-0.2, 0) is 9.59 Å². The molecule has 1 heterocycles. The number of carbonyl (C=O) groups excluding carboxylic acids is 1. The van der Waals surface area contributed by atoms with Crippen LogP contribution in [0.2, 0.25) is 0 Å². The largest absolute Gasteiger partial charge is 0.481 e. The van der Waals surface area contributed by atoms with Crippen LogP contribution >= 0.6 is 23.1 Å². The smallest absolute Gasteiger partial charge is 0.313 e. The molecule has 2 aromatic carbocycles. The number of fused-ring (bicyclic) bond motifs is 1. The van der Waals surface area contributed by atoms with Gasteiger partial charge < -0.3 is 10.4 Å². The van der Waals surface area contributed by atoms with Crippen molar-refractivity contribution in [2.24, 2.45) is 0 Å². The van der Waals surface area contributed by atoms with Gasteiger partial charge in [0, 0.05) is 17.5 Å². The van der Waals surface area contributed by atoms with Gasteiger partial charge in [-0.3, -0.25) is 9.59 Å². The molecule has 2 N–H and O–H groups in total. The highest BCUT2D eigenvalue weighted by Crippen LogP contribution is 2.35. The minimum Gasteiger partial charge on any atom is -0.481 e. The zero-order chi connectivity index (χ0) is 18.5. The number of amides is 1. The van der Waals surface area contributed by atoms with E-state index in [0.717, 1.165) is 31.4 Å². The average Bonchev–Trinajstić information content (AvgIpc) is 3.03. The number of carbonyl (C=O) groups is 2. The Morgan fingerprint density at radius 1 is 1.19 bits per heavy atom. The van der Waals surface area contributed by atoms with Crippen molar-refractivity contribution < 1.29 is 14.7 Å². The topological polar surface area (TPSA) is 79.3 Å². The summed E-state index contributed by atoms with van der Waals surface area (Å²) in [6.07, 6.45) is 1.92. The van der Waals surface area contributed by atoms with Gasteiger partial charge in [-0.1, -0.05) is 24.3 Å². The third kappa shape index (κ3) is 4.71. The highest BCUT2D eigenvalue weighted by atomic mass is 32.2. The third-order valence-electron chi connectivity index (χ3n) is 3.38. The molecule has 0 aliphatic carbocycles. The fourth-order valence-corrected chi connectivity index (χ4v) is 4.15. The molecule has 5 nitrogen and oxygen atoms in total. The lowest BCUT2D eigenvalue weighted by Crippen LogP contribution is -2.05. The highest BCUT2D eigenvalue weighted by Gasteiger charge is 2.11. The molecule has 3 aromatic rings. The SMILES string of the molecule is CC(=O)Nc1ccc(/C=C(/SCC(=O)O)c2nc3ccccc3s2)cc1. The van der Waals surface area contributed by atoms with Gasteiger partial charge in [-0.25, -0.2) is 4.98 Å². The molecule has 3 rings (SSSR count). The first kappa shape index (κ1) is 18.2. The molecule has 0 atom stereocenters. The lowest BCUT2D eigenvalue weighted by atomic mass is 10.2. The first-order valence-corrected chi connectivity index (χ1v) is 9.61. The molecule has 132 valence electrons. The van der Waals surface area contributed by atoms with Crippen molar-refractivity contribution in [2.45, 2.75) is 6.92 Å². The van der Waals surface area contributed by atoms with Gasteiger partial charge in [0.25, 0.3) is 0 Å². The molecule has 7 heteroatoms. The maximum absolute atomic E-state index is 11.1. The number of rotatable bonds is 6. The van der Waals surface area contributed by atoms with Crippen LogP contribution in [0.15, 0.2) is 48.5 Å². The minimum absolute atomic E-state index is 0.0360. The van der Waals surface area contributed by atoms with Crippen molar-refractivity contribution >= 4 is 61.9 Å². The van der Waals surface area contributed by atoms with E-state index in [4.69, 9.17) is 5.11 Å². The van der Waals surface area contributed by atoms with E-state index in [9.17, 15) is 9.59 Å². The molecule has 0 spiro atoms. The quantitative estimate of drug-likeness (QED) is 0.651. The predicted octanol–water partition coefficient (Wildman–Crippen LogP) is 4.57. The van der Waals surface area contributed by atoms with Crippen LogP contribution in [-0.4, -0.2) is 27.7 Å². The normalized spacial score (nSPS) is 11.5. The summed E-state index contributed by atoms with van der Waals surface area (Å²) in [5.41, 5.74) is 2.52. The second-order valence-corrected chi connectivity index (χ2v) is 7.53. The fourth-order valence-electron chi connectivity index (χ4n) is 2.30. The van der Waals surface area contributed by atoms with E-state index >= 15 is 0 Å². The van der Waals surface area contributed by atoms with E-state index in [1.165, 1.54) is 30.0 Å². The van der Waals surface area contributed by atoms with E-state index in [2.05, 4.69) is 10.3 Å². The fraction of sp³-hybridized carbons (Fsp3) is 0.105. The first-order chi connectivity index (χ1) is 12.5. The molecule has 0 radical (unpaired) electrons. The Hall–Kier alpha value is -2.64. The number of carboxylic acid groups (broad SMARTS) is 1. The molecule has 0 saturated carbocycles. The number of thiazole rings is 1. The lowest BCUT2D eigenvalue weighted by molar-refractivity contribution is -0.133. The van der Waals surface area contributed by atoms with Crippen molar-refractivity contribution in [1.82, 2.24) is 4.98 Å². The molecule has 1 amide bonds. The summed E-state index contributed by atoms with van der Waals surface area (Å²) < 4.78 is 1.06. The van der Waals surface area contributed by atoms with E-state index in [1.807, 2.05) is 54.6 Å². The lowest BCUT2D eigenvalue weighted by Gasteiger charge is -2.05. The van der Waals surface area contributed by atoms with E-state index in [-0.39, 0.29) is 11.7 Å². The third-order valence-corrected chi connectivity index (χ3v) is 5.60. The van der Waals surface area contributed by atoms with Crippen LogP contribution in [0, 0.1) is 0 Å². The molecule has 0 aliphatic heterocycles. The van der Waals surface area contributed by atoms with E-state index in [0.29, 0.717) is 0 Å². The minimum atomic E-state index is -0.872. The Morgan fingerprint density at radius 3 is 2.58 bits per heavy atom. The Morgan fingerprint density at radius 2 is 1.92 bits per heavy atom. The highest BCUT2D eigenvalue weighted by molar-refractivity contribution is 8.09. The molecule has 0 bridgehead atoms. The van der Waals surface area contributed by atoms with Gasteiger partial charge in [0.15, 0.2) is 0 Å². The first-order valence-electron chi connectivity index (χ1n) is 7.81. The number of para-hydroxylation sites is 1. The molecule has 0 unspecified atom stereocenters. The summed E-state index contributed by atoms with van der Waals surface area (Å²) >= 11 is 2.79. The van der Waals surface area contributed by atoms with Gasteiger partial charge in [0.1, 0.15) is 5.01 Å². The Kier molecular flexibility index (Phi) is 5.70. The zero-order valence-electron chi connectivity index (χ0n) is 13.9. The summed E-state index contributed by atoms with van der Waals surface area (Å²) in [4.78, 5) is 27.5. The summed E-state index contributed by atoms with van der Waals surface area (Å²) in [7, 11) is 0. The Balaban J connectivity index is 1.93. The van der Waals surface area contributed by atoms with Gasteiger partial charge in [-0.2, -0.15) is 0 Å². The summed E-state index contributed by atoms with van der Waals surface area (Å²) in [5.74, 6) is -1.03. The van der Waals surface area contributed by atoms with E-state index in [1.54, 1.807) is 0 Å². The van der Waals surface area contributed by atoms with Crippen LogP contribution in [0.5, 0.6) is 0 Å². The maximum Gasteiger partial charge on any atom is 0.313 e. The number of aromatic nitrogens is 1. The van der Waals surface area contributed by atoms with Crippen molar-refractivity contribution in [3.63, 3.8) is 0 Å². The van der Waals surface area contributed by atoms with Gasteiger partial charge >= 0.3 is 5.97 Å². The van der Waals surface area contributed by atoms with Crippen LogP contribution in [0.4, 0.5) is 5.69 Å². The predicted molar refractivity (Wildman–Crippen MR) is 108 cm³/mol. The average molecular weight is 384 g/mol. The number of aliphatic carboxylic acids is 1. The van der Waals surface area contributed by atoms with Crippen molar-refractivity contribution in [2.75, 3.05) is 11.1 Å². The zero-order valence-corrected chi connectivity index (χ0v) is 15.6. The number of hydrogen-bond donors (Lipinski definition) is 2. The Bertz CT molecular complexity index is 945. The van der Waals surface area contributed by atoms with Crippen molar-refractivity contribution in [1.29, 1.82) is 0 Å². The van der Waals surface area contributed by atoms with Gasteiger partial charge in [0.05, 0.1) is 16.0 Å². The second-order valence-electron chi connectivity index (χ2n) is 5.48. The Labute approximate surface area is 158 Å². The number of carboxylic acids is 1. The number of nitrogens with zero attached hydrogens (tertiary/aromatic N) is 1. The number of benzene rings is 2. The molecular weight excluding hydrogens is 368 g/mol. The monoisotopic (exact) mass is 384 g/mol. The number of anilines is 1. The molecule has 0 aliphatic rings. The second kappa shape index (κ2) is 8.16. The van der Waals surface area contributed by atoms with Crippen LogP contribution in [0.3, 0.4) is 0 Å². The maximum atomic E-state index is 11.1. The summed E-state index contributed by atoms with van der Waals surface area (Å²) in [5, 5.41) is 12.5. The number of thioether (sulfide) groups is 1. The molecule has 0 fully saturated rings. The molecule has 26 heavy (non-hydrogen) atoms. The van der Waals surface area contributed by atoms with Crippen LogP contribution in [0.1, 0.15) is 17.5 Å². The van der Waals surface area contributed by atoms with Gasteiger partial charge in [-0.05, 0) is 35.9 Å². The van der Waals surface area contributed by atoms with Crippen molar-refractivity contribution in [3.8, 4) is 0 Å². The molecular formula is C19H16N2O3S2. The van der Waals surface area contributed by atoms with Crippen LogP contribution < -0.4 is 5.32 Å². The summed E-state index contributed by atoms with van der Waals surface area (Å²) in [6.45, 7) is 1.46. The van der Waals surface area contributed by atoms with Gasteiger partial charge in [0.2, 0.25) is 5.91 Å². The number of hydrogen-bond acceptors (Lipinski definition) is 5. The van der Waals surface area contributed by atoms with Crippen LogP contribution in [0.25, 0.3) is 21.2 Å². The standard InChI is InChI=1S/C19H16N2O3S2/c1-12(22)20-14-8-6-13(7-9-14)10-17(25-11-18(23)24)19-21-15-4-2-3-5-16(15)26-19/h2-10H,11H2,1H3,(H,20,22)(H,23,24)/b17-10+. The molecule has 1 aromatic heterocycles. The van der Waals surface area contributed by atoms with E-state index < -0.39 is 5.97 Å². The number of nitrogens with one attached hydrogen (secondary N) is 1.